The van der Waals surface area contributed by atoms with Crippen LogP contribution in [0.4, 0.5) is 0 Å². The number of hydrogen-bond acceptors (Lipinski definition) is 3. The minimum atomic E-state index is -0.253. The van der Waals surface area contributed by atoms with Crippen LogP contribution >= 0.6 is 11.6 Å². The van der Waals surface area contributed by atoms with E-state index in [0.29, 0.717) is 12.0 Å². The van der Waals surface area contributed by atoms with Crippen molar-refractivity contribution in [1.29, 1.82) is 0 Å². The average Bonchev–Trinajstić information content (AvgIpc) is 2.99. The lowest BCUT2D eigenvalue weighted by molar-refractivity contribution is -0.129. The third kappa shape index (κ3) is 3.64. The molecule has 2 heterocycles. The van der Waals surface area contributed by atoms with Crippen LogP contribution in [0.15, 0.2) is 24.3 Å². The Balaban J connectivity index is 1.47. The van der Waals surface area contributed by atoms with Crippen molar-refractivity contribution in [1.82, 2.24) is 15.1 Å². The summed E-state index contributed by atoms with van der Waals surface area (Å²) in [6.45, 7) is 5.99. The second-order valence-corrected chi connectivity index (χ2v) is 8.94. The van der Waals surface area contributed by atoms with E-state index in [0.717, 1.165) is 50.6 Å². The third-order valence-electron chi connectivity index (χ3n) is 7.07. The molecule has 0 aromatic heterocycles. The maximum Gasteiger partial charge on any atom is 0.241 e. The number of nitrogens with one attached hydrogen (secondary N) is 1. The Hall–Kier alpha value is -1.10. The molecule has 2 aliphatic heterocycles. The molecule has 148 valence electrons. The fraction of sp³-hybridized carbons (Fsp3) is 0.682. The Morgan fingerprint density at radius 2 is 1.85 bits per heavy atom. The largest absolute Gasteiger partial charge is 0.342 e. The number of nitrogens with zero attached hydrogens (tertiary/aromatic N) is 2. The van der Waals surface area contributed by atoms with E-state index in [1.54, 1.807) is 0 Å². The fourth-order valence-electron chi connectivity index (χ4n) is 5.61. The SMILES string of the molecule is CCCN1CNC(=O)C12CCN([C@@H]1CCCC[C@@H]1c1ccc(Cl)cc1)CC2. The van der Waals surface area contributed by atoms with Crippen LogP contribution in [-0.4, -0.2) is 53.6 Å². The molecule has 1 aliphatic carbocycles. The van der Waals surface area contributed by atoms with Crippen LogP contribution in [0.1, 0.15) is 63.4 Å². The molecule has 1 N–H and O–H groups in total. The first-order valence-electron chi connectivity index (χ1n) is 10.7. The summed E-state index contributed by atoms with van der Waals surface area (Å²) < 4.78 is 0. The first-order valence-corrected chi connectivity index (χ1v) is 11.0. The lowest BCUT2D eigenvalue weighted by Crippen LogP contribution is -2.58. The van der Waals surface area contributed by atoms with Crippen molar-refractivity contribution in [3.63, 3.8) is 0 Å². The lowest BCUT2D eigenvalue weighted by atomic mass is 9.77. The Morgan fingerprint density at radius 3 is 2.56 bits per heavy atom. The predicted octanol–water partition coefficient (Wildman–Crippen LogP) is 4.00. The van der Waals surface area contributed by atoms with Gasteiger partial charge < -0.3 is 5.32 Å². The molecule has 4 rings (SSSR count). The summed E-state index contributed by atoms with van der Waals surface area (Å²) in [5.74, 6) is 0.850. The van der Waals surface area contributed by atoms with Crippen molar-refractivity contribution in [2.45, 2.75) is 69.4 Å². The van der Waals surface area contributed by atoms with E-state index in [-0.39, 0.29) is 11.4 Å². The van der Waals surface area contributed by atoms with Crippen molar-refractivity contribution in [3.05, 3.63) is 34.9 Å². The van der Waals surface area contributed by atoms with Gasteiger partial charge in [0.25, 0.3) is 0 Å². The van der Waals surface area contributed by atoms with Gasteiger partial charge in [-0.05, 0) is 55.7 Å². The van der Waals surface area contributed by atoms with Crippen molar-refractivity contribution in [3.8, 4) is 0 Å². The maximum atomic E-state index is 12.7. The molecular formula is C22H32ClN3O. The highest BCUT2D eigenvalue weighted by Gasteiger charge is 2.50. The van der Waals surface area contributed by atoms with Crippen molar-refractivity contribution < 1.29 is 4.79 Å². The number of likely N-dealkylation sites (tertiary alicyclic amines) is 1. The zero-order chi connectivity index (χ0) is 18.9. The number of amides is 1. The molecule has 3 fully saturated rings. The van der Waals surface area contributed by atoms with Gasteiger partial charge in [-0.3, -0.25) is 14.6 Å². The summed E-state index contributed by atoms with van der Waals surface area (Å²) >= 11 is 6.11. The molecule has 1 aromatic carbocycles. The molecule has 1 aromatic rings. The second-order valence-electron chi connectivity index (χ2n) is 8.50. The Kier molecular flexibility index (Phi) is 5.77. The molecule has 0 bridgehead atoms. The molecular weight excluding hydrogens is 358 g/mol. The van der Waals surface area contributed by atoms with Crippen molar-refractivity contribution in [2.75, 3.05) is 26.3 Å². The van der Waals surface area contributed by atoms with E-state index in [2.05, 4.69) is 34.2 Å². The van der Waals surface area contributed by atoms with Crippen LogP contribution < -0.4 is 5.32 Å². The van der Waals surface area contributed by atoms with E-state index in [4.69, 9.17) is 11.6 Å². The number of hydrogen-bond donors (Lipinski definition) is 1. The van der Waals surface area contributed by atoms with Gasteiger partial charge in [0.15, 0.2) is 0 Å². The maximum absolute atomic E-state index is 12.7. The minimum absolute atomic E-state index is 0.253. The normalized spacial score (nSPS) is 29.2. The van der Waals surface area contributed by atoms with Crippen LogP contribution in [0.5, 0.6) is 0 Å². The molecule has 1 spiro atoms. The first-order chi connectivity index (χ1) is 13.1. The van der Waals surface area contributed by atoms with Gasteiger partial charge in [-0.1, -0.05) is 43.5 Å². The molecule has 0 radical (unpaired) electrons. The topological polar surface area (TPSA) is 35.6 Å². The van der Waals surface area contributed by atoms with E-state index < -0.39 is 0 Å². The first kappa shape index (κ1) is 19.2. The Bertz CT molecular complexity index is 654. The summed E-state index contributed by atoms with van der Waals surface area (Å²) in [6.07, 6.45) is 8.18. The summed E-state index contributed by atoms with van der Waals surface area (Å²) in [6, 6.07) is 9.08. The van der Waals surface area contributed by atoms with Gasteiger partial charge in [0, 0.05) is 30.7 Å². The van der Waals surface area contributed by atoms with Gasteiger partial charge >= 0.3 is 0 Å². The monoisotopic (exact) mass is 389 g/mol. The van der Waals surface area contributed by atoms with Crippen LogP contribution in [0.2, 0.25) is 5.02 Å². The van der Waals surface area contributed by atoms with E-state index in [9.17, 15) is 4.79 Å². The highest BCUT2D eigenvalue weighted by Crippen LogP contribution is 2.40. The fourth-order valence-corrected chi connectivity index (χ4v) is 5.73. The number of carbonyl (C=O) groups excluding carboxylic acids is 1. The molecule has 3 aliphatic rings. The quantitative estimate of drug-likeness (QED) is 0.845. The van der Waals surface area contributed by atoms with Crippen molar-refractivity contribution in [2.24, 2.45) is 0 Å². The van der Waals surface area contributed by atoms with Crippen LogP contribution in [-0.2, 0) is 4.79 Å². The number of benzene rings is 1. The van der Waals surface area contributed by atoms with E-state index in [1.165, 1.54) is 31.2 Å². The molecule has 4 nitrogen and oxygen atoms in total. The second kappa shape index (κ2) is 8.10. The minimum Gasteiger partial charge on any atom is -0.342 e. The predicted molar refractivity (Wildman–Crippen MR) is 110 cm³/mol. The van der Waals surface area contributed by atoms with Crippen LogP contribution in [0.25, 0.3) is 0 Å². The zero-order valence-electron chi connectivity index (χ0n) is 16.4. The Morgan fingerprint density at radius 1 is 1.15 bits per heavy atom. The third-order valence-corrected chi connectivity index (χ3v) is 7.33. The van der Waals surface area contributed by atoms with Gasteiger partial charge in [-0.15, -0.1) is 0 Å². The molecule has 5 heteroatoms. The van der Waals surface area contributed by atoms with E-state index >= 15 is 0 Å². The number of piperidine rings is 1. The van der Waals surface area contributed by atoms with Gasteiger partial charge in [-0.2, -0.15) is 0 Å². The van der Waals surface area contributed by atoms with Gasteiger partial charge in [-0.25, -0.2) is 0 Å². The molecule has 27 heavy (non-hydrogen) atoms. The molecule has 2 atom stereocenters. The van der Waals surface area contributed by atoms with Crippen LogP contribution in [0.3, 0.4) is 0 Å². The summed E-state index contributed by atoms with van der Waals surface area (Å²) in [5, 5.41) is 3.92. The summed E-state index contributed by atoms with van der Waals surface area (Å²) in [5.41, 5.74) is 1.17. The lowest BCUT2D eigenvalue weighted by Gasteiger charge is -2.47. The van der Waals surface area contributed by atoms with Gasteiger partial charge in [0.1, 0.15) is 5.54 Å². The highest BCUT2D eigenvalue weighted by molar-refractivity contribution is 6.30. The molecule has 2 saturated heterocycles. The number of rotatable bonds is 4. The summed E-state index contributed by atoms with van der Waals surface area (Å²) in [7, 11) is 0. The molecule has 1 saturated carbocycles. The average molecular weight is 390 g/mol. The van der Waals surface area contributed by atoms with Gasteiger partial charge in [0.05, 0.1) is 6.67 Å². The smallest absolute Gasteiger partial charge is 0.241 e. The Labute approximate surface area is 168 Å². The standard InChI is InChI=1S/C22H32ClN3O/c1-2-13-26-16-24-21(27)22(26)11-14-25(15-12-22)20-6-4-3-5-19(20)17-7-9-18(23)10-8-17/h7-10,19-20H,2-6,11-16H2,1H3,(H,24,27)/t19-,20-/m1/s1. The highest BCUT2D eigenvalue weighted by atomic mass is 35.5. The van der Waals surface area contributed by atoms with Crippen molar-refractivity contribution >= 4 is 17.5 Å². The molecule has 1 amide bonds. The summed E-state index contributed by atoms with van der Waals surface area (Å²) in [4.78, 5) is 17.7. The van der Waals surface area contributed by atoms with Crippen LogP contribution in [0, 0.1) is 0 Å². The van der Waals surface area contributed by atoms with E-state index in [1.807, 2.05) is 12.1 Å². The molecule has 0 unspecified atom stereocenters. The zero-order valence-corrected chi connectivity index (χ0v) is 17.2. The number of carbonyl (C=O) groups is 1. The number of halogens is 1. The van der Waals surface area contributed by atoms with Gasteiger partial charge in [0.2, 0.25) is 5.91 Å².